The molecule has 0 aliphatic heterocycles. The first-order valence-electron chi connectivity index (χ1n) is 6.75. The van der Waals surface area contributed by atoms with Crippen LogP contribution in [0.25, 0.3) is 0 Å². The summed E-state index contributed by atoms with van der Waals surface area (Å²) < 4.78 is 5.52. The minimum absolute atomic E-state index is 0.00135. The van der Waals surface area contributed by atoms with Crippen molar-refractivity contribution < 1.29 is 9.21 Å². The smallest absolute Gasteiger partial charge is 0.255 e. The van der Waals surface area contributed by atoms with Crippen molar-refractivity contribution in [2.24, 2.45) is 0 Å². The predicted molar refractivity (Wildman–Crippen MR) is 82.6 cm³/mol. The van der Waals surface area contributed by atoms with Gasteiger partial charge in [0.2, 0.25) is 0 Å². The van der Waals surface area contributed by atoms with Gasteiger partial charge in [-0.2, -0.15) is 0 Å². The second-order valence-corrected chi connectivity index (χ2v) is 6.74. The average molecular weight is 291 g/mol. The SMILES string of the molecule is Cc1cc(C(C)NC(=O)c2c(C)oc(C)c2C)c(C)s1. The number of carbonyl (C=O) groups excluding carboxylic acids is 1. The lowest BCUT2D eigenvalue weighted by Gasteiger charge is -2.14. The van der Waals surface area contributed by atoms with Gasteiger partial charge < -0.3 is 9.73 Å². The van der Waals surface area contributed by atoms with Gasteiger partial charge in [0.05, 0.1) is 11.6 Å². The monoisotopic (exact) mass is 291 g/mol. The Labute approximate surface area is 124 Å². The van der Waals surface area contributed by atoms with Gasteiger partial charge in [-0.05, 0) is 53.2 Å². The van der Waals surface area contributed by atoms with Crippen LogP contribution >= 0.6 is 11.3 Å². The van der Waals surface area contributed by atoms with Crippen molar-refractivity contribution in [3.05, 3.63) is 44.0 Å². The van der Waals surface area contributed by atoms with E-state index in [9.17, 15) is 4.79 Å². The molecule has 0 aliphatic carbocycles. The summed E-state index contributed by atoms with van der Waals surface area (Å²) in [5, 5.41) is 3.07. The van der Waals surface area contributed by atoms with E-state index in [-0.39, 0.29) is 11.9 Å². The van der Waals surface area contributed by atoms with Crippen LogP contribution in [0.2, 0.25) is 0 Å². The molecule has 0 saturated heterocycles. The molecule has 108 valence electrons. The number of carbonyl (C=O) groups is 1. The Morgan fingerprint density at radius 1 is 1.20 bits per heavy atom. The summed E-state index contributed by atoms with van der Waals surface area (Å²) in [6.07, 6.45) is 0. The molecular weight excluding hydrogens is 270 g/mol. The summed E-state index contributed by atoms with van der Waals surface area (Å²) in [7, 11) is 0. The van der Waals surface area contributed by atoms with Crippen LogP contribution in [0, 0.1) is 34.6 Å². The Kier molecular flexibility index (Phi) is 4.04. The third-order valence-corrected chi connectivity index (χ3v) is 4.66. The molecular formula is C16H21NO2S. The number of hydrogen-bond donors (Lipinski definition) is 1. The van der Waals surface area contributed by atoms with Crippen molar-refractivity contribution in [3.8, 4) is 0 Å². The Balaban J connectivity index is 2.21. The minimum atomic E-state index is -0.0624. The fraction of sp³-hybridized carbons (Fsp3) is 0.438. The van der Waals surface area contributed by atoms with Gasteiger partial charge in [0.1, 0.15) is 11.5 Å². The average Bonchev–Trinajstić information content (AvgIpc) is 2.79. The highest BCUT2D eigenvalue weighted by Gasteiger charge is 2.21. The van der Waals surface area contributed by atoms with Crippen molar-refractivity contribution in [2.75, 3.05) is 0 Å². The van der Waals surface area contributed by atoms with Crippen LogP contribution in [-0.4, -0.2) is 5.91 Å². The van der Waals surface area contributed by atoms with Crippen molar-refractivity contribution >= 4 is 17.2 Å². The van der Waals surface area contributed by atoms with Crippen LogP contribution in [0.15, 0.2) is 10.5 Å². The highest BCUT2D eigenvalue weighted by Crippen LogP contribution is 2.27. The highest BCUT2D eigenvalue weighted by atomic mass is 32.1. The van der Waals surface area contributed by atoms with Crippen LogP contribution in [-0.2, 0) is 0 Å². The summed E-state index contributed by atoms with van der Waals surface area (Å²) in [5.41, 5.74) is 2.78. The lowest BCUT2D eigenvalue weighted by atomic mass is 10.1. The van der Waals surface area contributed by atoms with Gasteiger partial charge in [-0.1, -0.05) is 0 Å². The zero-order valence-electron chi connectivity index (χ0n) is 12.9. The fourth-order valence-corrected chi connectivity index (χ4v) is 3.58. The van der Waals surface area contributed by atoms with E-state index in [0.717, 1.165) is 11.3 Å². The first-order chi connectivity index (χ1) is 9.31. The van der Waals surface area contributed by atoms with Gasteiger partial charge in [-0.25, -0.2) is 0 Å². The maximum atomic E-state index is 12.4. The molecule has 0 radical (unpaired) electrons. The van der Waals surface area contributed by atoms with Gasteiger partial charge in [-0.15, -0.1) is 11.3 Å². The standard InChI is InChI=1S/C16H21NO2S/c1-8-7-14(13(6)20-8)10(3)17-16(18)15-9(2)11(4)19-12(15)5/h7,10H,1-6H3,(H,17,18). The van der Waals surface area contributed by atoms with Crippen molar-refractivity contribution in [1.29, 1.82) is 0 Å². The minimum Gasteiger partial charge on any atom is -0.466 e. The normalized spacial score (nSPS) is 12.5. The van der Waals surface area contributed by atoms with E-state index in [1.165, 1.54) is 15.3 Å². The molecule has 0 aliphatic rings. The molecule has 20 heavy (non-hydrogen) atoms. The number of aryl methyl sites for hydroxylation is 4. The highest BCUT2D eigenvalue weighted by molar-refractivity contribution is 7.12. The number of amides is 1. The van der Waals surface area contributed by atoms with E-state index in [1.54, 1.807) is 11.3 Å². The molecule has 4 heteroatoms. The van der Waals surface area contributed by atoms with Gasteiger partial charge in [-0.3, -0.25) is 4.79 Å². The topological polar surface area (TPSA) is 42.2 Å². The number of thiophene rings is 1. The van der Waals surface area contributed by atoms with Gasteiger partial charge in [0.15, 0.2) is 0 Å². The molecule has 1 unspecified atom stereocenters. The molecule has 1 atom stereocenters. The largest absolute Gasteiger partial charge is 0.466 e. The molecule has 1 amide bonds. The number of furan rings is 1. The van der Waals surface area contributed by atoms with Gasteiger partial charge >= 0.3 is 0 Å². The molecule has 2 aromatic heterocycles. The zero-order valence-corrected chi connectivity index (χ0v) is 13.7. The van der Waals surface area contributed by atoms with Crippen LogP contribution in [0.3, 0.4) is 0 Å². The molecule has 2 heterocycles. The van der Waals surface area contributed by atoms with Crippen LogP contribution < -0.4 is 5.32 Å². The Bertz CT molecular complexity index is 652. The predicted octanol–water partition coefficient (Wildman–Crippen LogP) is 4.37. The second-order valence-electron chi connectivity index (χ2n) is 5.28. The Morgan fingerprint density at radius 2 is 1.85 bits per heavy atom. The molecule has 2 aromatic rings. The summed E-state index contributed by atoms with van der Waals surface area (Å²) in [4.78, 5) is 15.0. The molecule has 3 nitrogen and oxygen atoms in total. The van der Waals surface area contributed by atoms with Crippen molar-refractivity contribution in [1.82, 2.24) is 5.32 Å². The summed E-state index contributed by atoms with van der Waals surface area (Å²) >= 11 is 1.76. The van der Waals surface area contributed by atoms with E-state index in [0.29, 0.717) is 11.3 Å². The Morgan fingerprint density at radius 3 is 2.30 bits per heavy atom. The van der Waals surface area contributed by atoms with E-state index in [2.05, 4.69) is 25.2 Å². The summed E-state index contributed by atoms with van der Waals surface area (Å²) in [6.45, 7) is 11.8. The van der Waals surface area contributed by atoms with Crippen molar-refractivity contribution in [3.63, 3.8) is 0 Å². The third-order valence-electron chi connectivity index (χ3n) is 3.68. The lowest BCUT2D eigenvalue weighted by molar-refractivity contribution is 0.0938. The van der Waals surface area contributed by atoms with Gasteiger partial charge in [0.25, 0.3) is 5.91 Å². The molecule has 0 bridgehead atoms. The molecule has 1 N–H and O–H groups in total. The van der Waals surface area contributed by atoms with E-state index in [4.69, 9.17) is 4.42 Å². The van der Waals surface area contributed by atoms with Crippen LogP contribution in [0.4, 0.5) is 0 Å². The first-order valence-corrected chi connectivity index (χ1v) is 7.57. The van der Waals surface area contributed by atoms with Gasteiger partial charge in [0, 0.05) is 15.3 Å². The van der Waals surface area contributed by atoms with E-state index in [1.807, 2.05) is 27.7 Å². The summed E-state index contributed by atoms with van der Waals surface area (Å²) in [6, 6.07) is 2.15. The Hall–Kier alpha value is -1.55. The molecule has 2 rings (SSSR count). The van der Waals surface area contributed by atoms with E-state index >= 15 is 0 Å². The quantitative estimate of drug-likeness (QED) is 0.912. The first kappa shape index (κ1) is 14.9. The van der Waals surface area contributed by atoms with Crippen LogP contribution in [0.1, 0.15) is 55.7 Å². The second kappa shape index (κ2) is 5.44. The maximum Gasteiger partial charge on any atom is 0.255 e. The number of hydrogen-bond acceptors (Lipinski definition) is 3. The molecule has 0 saturated carbocycles. The van der Waals surface area contributed by atoms with Crippen LogP contribution in [0.5, 0.6) is 0 Å². The fourth-order valence-electron chi connectivity index (χ4n) is 2.55. The number of nitrogens with one attached hydrogen (secondary N) is 1. The zero-order chi connectivity index (χ0) is 15.0. The maximum absolute atomic E-state index is 12.4. The molecule has 0 fully saturated rings. The van der Waals surface area contributed by atoms with Crippen molar-refractivity contribution in [2.45, 2.75) is 47.6 Å². The number of rotatable bonds is 3. The summed E-state index contributed by atoms with van der Waals surface area (Å²) in [5.74, 6) is 1.43. The van der Waals surface area contributed by atoms with E-state index < -0.39 is 0 Å². The molecule has 0 aromatic carbocycles. The lowest BCUT2D eigenvalue weighted by Crippen LogP contribution is -2.27. The third kappa shape index (κ3) is 2.66. The molecule has 0 spiro atoms.